The van der Waals surface area contributed by atoms with Crippen LogP contribution in [-0.4, -0.2) is 9.97 Å². The molecule has 1 aliphatic carbocycles. The molecular formula is C44H28N2S. The number of aromatic nitrogens is 2. The average Bonchev–Trinajstić information content (AvgIpc) is 3.53. The fourth-order valence-corrected chi connectivity index (χ4v) is 8.60. The maximum atomic E-state index is 5.36. The summed E-state index contributed by atoms with van der Waals surface area (Å²) in [4.78, 5) is 10.7. The molecule has 0 amide bonds. The standard InChI is InChI=1S/C44H28N2S/c1-2-9-32-31(8-1)26-37(35-11-4-3-10-34(32)35)39-25-23-30-21-20-29-22-24-38(45-43(29)44(30)46-39)28-18-16-27(17-19-28)33-13-7-15-41-42(33)36-12-5-6-14-40(36)47-41/h1-19,22-26H,20-21H2. The number of pyridine rings is 2. The van der Waals surface area contributed by atoms with Crippen LogP contribution in [0.2, 0.25) is 0 Å². The fourth-order valence-electron chi connectivity index (χ4n) is 7.47. The third-order valence-electron chi connectivity index (χ3n) is 9.78. The van der Waals surface area contributed by atoms with Crippen molar-refractivity contribution in [2.45, 2.75) is 12.8 Å². The molecule has 0 bridgehead atoms. The van der Waals surface area contributed by atoms with Gasteiger partial charge in [0, 0.05) is 31.3 Å². The van der Waals surface area contributed by atoms with Crippen molar-refractivity contribution in [3.8, 4) is 45.0 Å². The lowest BCUT2D eigenvalue weighted by Gasteiger charge is -2.20. The molecule has 0 spiro atoms. The molecule has 9 aromatic rings. The number of hydrogen-bond acceptors (Lipinski definition) is 3. The number of benzene rings is 6. The minimum atomic E-state index is 0.977. The normalized spacial score (nSPS) is 12.5. The highest BCUT2D eigenvalue weighted by Crippen LogP contribution is 2.41. The third-order valence-corrected chi connectivity index (χ3v) is 10.9. The second kappa shape index (κ2) is 10.4. The van der Waals surface area contributed by atoms with Gasteiger partial charge in [0.2, 0.25) is 0 Å². The highest BCUT2D eigenvalue weighted by atomic mass is 32.1. The number of fused-ring (bicyclic) bond motifs is 9. The SMILES string of the molecule is c1ccc2c(c1)cc(-c1ccc3c(n1)-c1nc(-c4ccc(-c5cccc6sc7ccccc7c56)cc4)ccc1CC3)c1ccccc12. The quantitative estimate of drug-likeness (QED) is 0.185. The number of rotatable bonds is 3. The summed E-state index contributed by atoms with van der Waals surface area (Å²) in [7, 11) is 0. The highest BCUT2D eigenvalue weighted by molar-refractivity contribution is 7.25. The largest absolute Gasteiger partial charge is 0.246 e. The van der Waals surface area contributed by atoms with Crippen LogP contribution in [0.4, 0.5) is 0 Å². The molecule has 0 saturated heterocycles. The zero-order valence-corrected chi connectivity index (χ0v) is 26.4. The molecule has 2 nitrogen and oxygen atoms in total. The van der Waals surface area contributed by atoms with E-state index in [0.717, 1.165) is 46.7 Å². The Balaban J connectivity index is 1.06. The van der Waals surface area contributed by atoms with Crippen LogP contribution in [0.15, 0.2) is 146 Å². The van der Waals surface area contributed by atoms with Crippen LogP contribution in [0.25, 0.3) is 86.7 Å². The first-order valence-corrected chi connectivity index (χ1v) is 17.0. The number of nitrogens with zero attached hydrogens (tertiary/aromatic N) is 2. The van der Waals surface area contributed by atoms with Crippen LogP contribution in [0.5, 0.6) is 0 Å². The van der Waals surface area contributed by atoms with Crippen LogP contribution in [0, 0.1) is 0 Å². The third kappa shape index (κ3) is 4.24. The van der Waals surface area contributed by atoms with E-state index < -0.39 is 0 Å². The summed E-state index contributed by atoms with van der Waals surface area (Å²) in [6, 6.07) is 52.8. The minimum absolute atomic E-state index is 0.977. The second-order valence-electron chi connectivity index (χ2n) is 12.5. The fraction of sp³-hybridized carbons (Fsp3) is 0.0455. The van der Waals surface area contributed by atoms with E-state index >= 15 is 0 Å². The molecule has 0 aliphatic heterocycles. The van der Waals surface area contributed by atoms with Crippen LogP contribution in [-0.2, 0) is 12.8 Å². The highest BCUT2D eigenvalue weighted by Gasteiger charge is 2.21. The molecule has 0 fully saturated rings. The summed E-state index contributed by atoms with van der Waals surface area (Å²) in [6.07, 6.45) is 1.96. The van der Waals surface area contributed by atoms with Gasteiger partial charge < -0.3 is 0 Å². The van der Waals surface area contributed by atoms with Gasteiger partial charge in [-0.15, -0.1) is 11.3 Å². The summed E-state index contributed by atoms with van der Waals surface area (Å²) in [5, 5.41) is 7.65. The predicted octanol–water partition coefficient (Wildman–Crippen LogP) is 11.9. The predicted molar refractivity (Wildman–Crippen MR) is 199 cm³/mol. The molecule has 0 radical (unpaired) electrons. The second-order valence-corrected chi connectivity index (χ2v) is 13.5. The molecule has 47 heavy (non-hydrogen) atoms. The van der Waals surface area contributed by atoms with Crippen molar-refractivity contribution in [2.75, 3.05) is 0 Å². The lowest BCUT2D eigenvalue weighted by atomic mass is 9.90. The molecular weight excluding hydrogens is 589 g/mol. The van der Waals surface area contributed by atoms with Crippen molar-refractivity contribution in [1.29, 1.82) is 0 Å². The van der Waals surface area contributed by atoms with Crippen LogP contribution in [0.3, 0.4) is 0 Å². The Hall–Kier alpha value is -5.64. The zero-order valence-electron chi connectivity index (χ0n) is 25.6. The van der Waals surface area contributed by atoms with Gasteiger partial charge in [-0.1, -0.05) is 115 Å². The van der Waals surface area contributed by atoms with Crippen molar-refractivity contribution in [1.82, 2.24) is 9.97 Å². The van der Waals surface area contributed by atoms with Crippen molar-refractivity contribution in [2.24, 2.45) is 0 Å². The average molecular weight is 617 g/mol. The van der Waals surface area contributed by atoms with Crippen LogP contribution < -0.4 is 0 Å². The summed E-state index contributed by atoms with van der Waals surface area (Å²) >= 11 is 1.86. The Morgan fingerprint density at radius 3 is 1.85 bits per heavy atom. The van der Waals surface area contributed by atoms with Gasteiger partial charge in [-0.05, 0) is 87.0 Å². The zero-order chi connectivity index (χ0) is 30.9. The van der Waals surface area contributed by atoms with Gasteiger partial charge in [0.15, 0.2) is 0 Å². The minimum Gasteiger partial charge on any atom is -0.246 e. The lowest BCUT2D eigenvalue weighted by Crippen LogP contribution is -2.08. The van der Waals surface area contributed by atoms with E-state index in [1.807, 2.05) is 11.3 Å². The van der Waals surface area contributed by atoms with E-state index in [9.17, 15) is 0 Å². The van der Waals surface area contributed by atoms with E-state index in [1.165, 1.54) is 64.0 Å². The maximum Gasteiger partial charge on any atom is 0.0928 e. The molecule has 220 valence electrons. The Labute approximate surface area is 276 Å². The molecule has 3 heteroatoms. The van der Waals surface area contributed by atoms with Crippen molar-refractivity contribution < 1.29 is 0 Å². The van der Waals surface area contributed by atoms with Crippen molar-refractivity contribution in [3.63, 3.8) is 0 Å². The van der Waals surface area contributed by atoms with Gasteiger partial charge in [0.25, 0.3) is 0 Å². The molecule has 0 saturated carbocycles. The monoisotopic (exact) mass is 616 g/mol. The van der Waals surface area contributed by atoms with Gasteiger partial charge >= 0.3 is 0 Å². The maximum absolute atomic E-state index is 5.36. The van der Waals surface area contributed by atoms with E-state index in [-0.39, 0.29) is 0 Å². The number of hydrogen-bond donors (Lipinski definition) is 0. The van der Waals surface area contributed by atoms with Crippen molar-refractivity contribution >= 4 is 53.1 Å². The molecule has 0 unspecified atom stereocenters. The van der Waals surface area contributed by atoms with Gasteiger partial charge in [-0.2, -0.15) is 0 Å². The Morgan fingerprint density at radius 2 is 1.04 bits per heavy atom. The first kappa shape index (κ1) is 26.6. The van der Waals surface area contributed by atoms with Gasteiger partial charge in [0.05, 0.1) is 22.8 Å². The topological polar surface area (TPSA) is 25.8 Å². The number of thiophene rings is 1. The molecule has 10 rings (SSSR count). The first-order chi connectivity index (χ1) is 23.3. The van der Waals surface area contributed by atoms with E-state index in [4.69, 9.17) is 9.97 Å². The summed E-state index contributed by atoms with van der Waals surface area (Å²) < 4.78 is 2.65. The molecule has 6 aromatic carbocycles. The Bertz CT molecular complexity index is 2680. The Kier molecular flexibility index (Phi) is 5.91. The Morgan fingerprint density at radius 1 is 0.426 bits per heavy atom. The van der Waals surface area contributed by atoms with Gasteiger partial charge in [0.1, 0.15) is 0 Å². The van der Waals surface area contributed by atoms with Crippen LogP contribution >= 0.6 is 11.3 Å². The molecule has 1 aliphatic rings. The summed E-state index contributed by atoms with van der Waals surface area (Å²) in [5.41, 5.74) is 11.3. The molecule has 3 aromatic heterocycles. The summed E-state index contributed by atoms with van der Waals surface area (Å²) in [5.74, 6) is 0. The summed E-state index contributed by atoms with van der Waals surface area (Å²) in [6.45, 7) is 0. The van der Waals surface area contributed by atoms with Crippen LogP contribution in [0.1, 0.15) is 11.1 Å². The smallest absolute Gasteiger partial charge is 0.0928 e. The lowest BCUT2D eigenvalue weighted by molar-refractivity contribution is 0.914. The van der Waals surface area contributed by atoms with Crippen molar-refractivity contribution in [3.05, 3.63) is 157 Å². The van der Waals surface area contributed by atoms with E-state index in [0.29, 0.717) is 0 Å². The van der Waals surface area contributed by atoms with E-state index in [1.54, 1.807) is 0 Å². The van der Waals surface area contributed by atoms with Gasteiger partial charge in [-0.3, -0.25) is 0 Å². The number of aryl methyl sites for hydroxylation is 2. The first-order valence-electron chi connectivity index (χ1n) is 16.2. The van der Waals surface area contributed by atoms with E-state index in [2.05, 4.69) is 146 Å². The molecule has 0 N–H and O–H groups in total. The van der Waals surface area contributed by atoms with Gasteiger partial charge in [-0.25, -0.2) is 9.97 Å². The molecule has 3 heterocycles. The molecule has 0 atom stereocenters.